The molecule has 11 heavy (non-hydrogen) atoms. The first-order chi connectivity index (χ1) is 5.13. The Kier molecular flexibility index (Phi) is 2.08. The van der Waals surface area contributed by atoms with E-state index in [0.29, 0.717) is 0 Å². The molecule has 0 bridgehead atoms. The summed E-state index contributed by atoms with van der Waals surface area (Å²) in [6.45, 7) is 3.79. The summed E-state index contributed by atoms with van der Waals surface area (Å²) in [6, 6.07) is 0. The summed E-state index contributed by atoms with van der Waals surface area (Å²) < 4.78 is 0. The molecule has 1 amide bonds. The second-order valence-electron chi connectivity index (χ2n) is 3.24. The van der Waals surface area contributed by atoms with Crippen LogP contribution in [0.25, 0.3) is 0 Å². The number of hydrazone groups is 1. The van der Waals surface area contributed by atoms with Gasteiger partial charge in [0.15, 0.2) is 0 Å². The van der Waals surface area contributed by atoms with E-state index in [0.717, 1.165) is 6.42 Å². The van der Waals surface area contributed by atoms with Crippen LogP contribution >= 0.6 is 0 Å². The van der Waals surface area contributed by atoms with Gasteiger partial charge in [0.05, 0.1) is 0 Å². The van der Waals surface area contributed by atoms with Crippen LogP contribution in [0.2, 0.25) is 0 Å². The van der Waals surface area contributed by atoms with E-state index in [2.05, 4.69) is 10.5 Å². The minimum atomic E-state index is -0.339. The predicted molar refractivity (Wildman–Crippen MR) is 44.2 cm³/mol. The normalized spacial score (nSPS) is 25.1. The van der Waals surface area contributed by atoms with Gasteiger partial charge in [-0.3, -0.25) is 4.79 Å². The lowest BCUT2D eigenvalue weighted by atomic mass is 9.88. The van der Waals surface area contributed by atoms with Crippen LogP contribution < -0.4 is 5.43 Å². The van der Waals surface area contributed by atoms with E-state index in [4.69, 9.17) is 0 Å². The summed E-state index contributed by atoms with van der Waals surface area (Å²) >= 11 is 0. The number of rotatable bonds is 0. The van der Waals surface area contributed by atoms with E-state index >= 15 is 0 Å². The minimum absolute atomic E-state index is 0.0295. The molecule has 0 aliphatic carbocycles. The lowest BCUT2D eigenvalue weighted by Crippen LogP contribution is -2.34. The first-order valence-electron chi connectivity index (χ1n) is 3.61. The van der Waals surface area contributed by atoms with E-state index in [1.807, 2.05) is 26.0 Å². The molecule has 0 aromatic carbocycles. The van der Waals surface area contributed by atoms with Crippen LogP contribution in [0.15, 0.2) is 17.3 Å². The van der Waals surface area contributed by atoms with Gasteiger partial charge in [-0.25, -0.2) is 5.43 Å². The Morgan fingerprint density at radius 1 is 1.64 bits per heavy atom. The van der Waals surface area contributed by atoms with Crippen molar-refractivity contribution in [2.24, 2.45) is 10.5 Å². The van der Waals surface area contributed by atoms with Crippen molar-refractivity contribution in [2.45, 2.75) is 20.3 Å². The molecule has 60 valence electrons. The molecular formula is C8H12N2O. The van der Waals surface area contributed by atoms with Crippen molar-refractivity contribution in [3.05, 3.63) is 12.2 Å². The van der Waals surface area contributed by atoms with Gasteiger partial charge < -0.3 is 0 Å². The fourth-order valence-electron chi connectivity index (χ4n) is 0.806. The second-order valence-corrected chi connectivity index (χ2v) is 3.24. The molecule has 0 aromatic rings. The molecule has 0 atom stereocenters. The first-order valence-corrected chi connectivity index (χ1v) is 3.61. The highest BCUT2D eigenvalue weighted by atomic mass is 16.2. The summed E-state index contributed by atoms with van der Waals surface area (Å²) in [7, 11) is 0. The van der Waals surface area contributed by atoms with Gasteiger partial charge in [-0.2, -0.15) is 5.10 Å². The molecule has 3 nitrogen and oxygen atoms in total. The predicted octanol–water partition coefficient (Wildman–Crippen LogP) is 1.07. The van der Waals surface area contributed by atoms with Crippen LogP contribution in [0.1, 0.15) is 20.3 Å². The third kappa shape index (κ3) is 1.90. The fraction of sp³-hybridized carbons (Fsp3) is 0.500. The zero-order valence-corrected chi connectivity index (χ0v) is 6.79. The first kappa shape index (κ1) is 7.98. The largest absolute Gasteiger partial charge is 0.273 e. The van der Waals surface area contributed by atoms with Crippen molar-refractivity contribution >= 4 is 12.1 Å². The highest BCUT2D eigenvalue weighted by molar-refractivity contribution is 5.84. The highest BCUT2D eigenvalue weighted by Crippen LogP contribution is 2.21. The third-order valence-corrected chi connectivity index (χ3v) is 1.71. The smallest absolute Gasteiger partial charge is 0.246 e. The van der Waals surface area contributed by atoms with Gasteiger partial charge in [-0.15, -0.1) is 0 Å². The lowest BCUT2D eigenvalue weighted by Gasteiger charge is -2.20. The van der Waals surface area contributed by atoms with E-state index in [9.17, 15) is 4.79 Å². The van der Waals surface area contributed by atoms with Crippen LogP contribution in [0, 0.1) is 5.41 Å². The van der Waals surface area contributed by atoms with Crippen molar-refractivity contribution in [1.82, 2.24) is 5.43 Å². The topological polar surface area (TPSA) is 41.5 Å². The Labute approximate surface area is 66.2 Å². The molecule has 0 fully saturated rings. The lowest BCUT2D eigenvalue weighted by molar-refractivity contribution is -0.129. The van der Waals surface area contributed by atoms with Crippen LogP contribution in [0.4, 0.5) is 0 Å². The van der Waals surface area contributed by atoms with Crippen LogP contribution in [-0.2, 0) is 4.79 Å². The number of carbonyl (C=O) groups is 1. The Morgan fingerprint density at radius 3 is 3.09 bits per heavy atom. The van der Waals surface area contributed by atoms with Crippen LogP contribution in [0.3, 0.4) is 0 Å². The highest BCUT2D eigenvalue weighted by Gasteiger charge is 2.26. The van der Waals surface area contributed by atoms with Gasteiger partial charge in [0.2, 0.25) is 5.91 Å². The molecule has 1 aliphatic rings. The van der Waals surface area contributed by atoms with E-state index in [1.165, 1.54) is 0 Å². The third-order valence-electron chi connectivity index (χ3n) is 1.71. The maximum absolute atomic E-state index is 11.2. The molecule has 0 spiro atoms. The Bertz CT molecular complexity index is 216. The van der Waals surface area contributed by atoms with Crippen molar-refractivity contribution in [2.75, 3.05) is 0 Å². The number of carbonyl (C=O) groups excluding carboxylic acids is 1. The maximum Gasteiger partial charge on any atom is 0.246 e. The minimum Gasteiger partial charge on any atom is -0.273 e. The molecule has 1 N–H and O–H groups in total. The number of nitrogens with zero attached hydrogens (tertiary/aromatic N) is 1. The molecule has 0 saturated heterocycles. The molecule has 0 unspecified atom stereocenters. The molecule has 1 heterocycles. The van der Waals surface area contributed by atoms with E-state index < -0.39 is 0 Å². The molecule has 1 aliphatic heterocycles. The summed E-state index contributed by atoms with van der Waals surface area (Å²) in [5.74, 6) is -0.0295. The Balaban J connectivity index is 2.77. The summed E-state index contributed by atoms with van der Waals surface area (Å²) in [6.07, 6.45) is 6.11. The van der Waals surface area contributed by atoms with E-state index in [1.54, 1.807) is 6.21 Å². The summed E-state index contributed by atoms with van der Waals surface area (Å²) in [4.78, 5) is 11.2. The van der Waals surface area contributed by atoms with Crippen LogP contribution in [-0.4, -0.2) is 12.1 Å². The zero-order valence-electron chi connectivity index (χ0n) is 6.79. The molecule has 0 aromatic heterocycles. The summed E-state index contributed by atoms with van der Waals surface area (Å²) in [5, 5.41) is 3.70. The average molecular weight is 152 g/mol. The van der Waals surface area contributed by atoms with E-state index in [-0.39, 0.29) is 11.3 Å². The second kappa shape index (κ2) is 2.86. The standard InChI is InChI=1S/C8H12N2O/c1-8(2)5-3-4-6-9-10-7(8)11/h3-4,6H,5H2,1-2H3,(H,10,11)/b4-3?,9-6-. The molecule has 0 saturated carbocycles. The number of amides is 1. The molecule has 1 rings (SSSR count). The summed E-state index contributed by atoms with van der Waals surface area (Å²) in [5.41, 5.74) is 2.11. The van der Waals surface area contributed by atoms with Crippen molar-refractivity contribution < 1.29 is 4.79 Å². The molecule has 3 heteroatoms. The monoisotopic (exact) mass is 152 g/mol. The fourth-order valence-corrected chi connectivity index (χ4v) is 0.806. The van der Waals surface area contributed by atoms with Gasteiger partial charge in [-0.05, 0) is 12.5 Å². The Morgan fingerprint density at radius 2 is 2.36 bits per heavy atom. The number of allylic oxidation sites excluding steroid dienone is 2. The van der Waals surface area contributed by atoms with Gasteiger partial charge in [-0.1, -0.05) is 19.9 Å². The van der Waals surface area contributed by atoms with Gasteiger partial charge in [0.1, 0.15) is 0 Å². The van der Waals surface area contributed by atoms with Crippen molar-refractivity contribution in [1.29, 1.82) is 0 Å². The number of nitrogens with one attached hydrogen (secondary N) is 1. The number of hydrogen-bond acceptors (Lipinski definition) is 2. The van der Waals surface area contributed by atoms with Gasteiger partial charge in [0, 0.05) is 11.6 Å². The zero-order chi connectivity index (χ0) is 8.32. The van der Waals surface area contributed by atoms with Gasteiger partial charge >= 0.3 is 0 Å². The van der Waals surface area contributed by atoms with Crippen molar-refractivity contribution in [3.63, 3.8) is 0 Å². The SMILES string of the molecule is CC1(C)CC=C/C=N\NC1=O. The molecule has 0 radical (unpaired) electrons. The van der Waals surface area contributed by atoms with Crippen molar-refractivity contribution in [3.8, 4) is 0 Å². The quantitative estimate of drug-likeness (QED) is 0.554. The number of hydrogen-bond donors (Lipinski definition) is 1. The average Bonchev–Trinajstić information content (AvgIpc) is 1.93. The van der Waals surface area contributed by atoms with Gasteiger partial charge in [0.25, 0.3) is 0 Å². The maximum atomic E-state index is 11.2. The molecular weight excluding hydrogens is 140 g/mol. The Hall–Kier alpha value is -1.12. The van der Waals surface area contributed by atoms with Crippen LogP contribution in [0.5, 0.6) is 0 Å².